The van der Waals surface area contributed by atoms with Gasteiger partial charge in [-0.1, -0.05) is 18.2 Å². The Labute approximate surface area is 183 Å². The minimum absolute atomic E-state index is 0.248. The van der Waals surface area contributed by atoms with Gasteiger partial charge in [0.2, 0.25) is 10.0 Å². The zero-order chi connectivity index (χ0) is 21.3. The fraction of sp³-hybridized carbons (Fsp3) is 0.571. The van der Waals surface area contributed by atoms with Crippen LogP contribution in [0.2, 0.25) is 0 Å². The van der Waals surface area contributed by atoms with Crippen LogP contribution >= 0.6 is 12.2 Å². The smallest absolute Gasteiger partial charge is 0.243 e. The number of rotatable bonds is 6. The number of imidazole rings is 1. The molecule has 0 amide bonds. The Balaban J connectivity index is 1.42. The molecule has 3 heterocycles. The predicted octanol–water partition coefficient (Wildman–Crippen LogP) is 2.78. The Morgan fingerprint density at radius 2 is 1.70 bits per heavy atom. The van der Waals surface area contributed by atoms with Crippen molar-refractivity contribution in [3.05, 3.63) is 46.5 Å². The molecule has 1 aromatic heterocycles. The van der Waals surface area contributed by atoms with Gasteiger partial charge in [0.25, 0.3) is 0 Å². The van der Waals surface area contributed by atoms with Crippen molar-refractivity contribution in [1.29, 1.82) is 0 Å². The molecule has 1 atom stereocenters. The van der Waals surface area contributed by atoms with E-state index < -0.39 is 10.0 Å². The number of nitrogens with zero attached hydrogens (tertiary/aromatic N) is 4. The molecule has 0 bridgehead atoms. The van der Waals surface area contributed by atoms with E-state index in [1.165, 1.54) is 5.69 Å². The predicted molar refractivity (Wildman–Crippen MR) is 118 cm³/mol. The third-order valence-corrected chi connectivity index (χ3v) is 8.61. The van der Waals surface area contributed by atoms with Gasteiger partial charge < -0.3 is 13.9 Å². The van der Waals surface area contributed by atoms with E-state index in [0.717, 1.165) is 36.5 Å². The zero-order valence-corrected chi connectivity index (χ0v) is 19.3. The van der Waals surface area contributed by atoms with Gasteiger partial charge in [0, 0.05) is 44.2 Å². The lowest BCUT2D eigenvalue weighted by Crippen LogP contribution is -2.48. The maximum atomic E-state index is 12.8. The molecule has 2 aliphatic heterocycles. The van der Waals surface area contributed by atoms with Crippen molar-refractivity contribution in [2.75, 3.05) is 32.8 Å². The first-order chi connectivity index (χ1) is 14.4. The number of hydrogen-bond acceptors (Lipinski definition) is 5. The number of hydrogen-bond donors (Lipinski definition) is 0. The second kappa shape index (κ2) is 8.92. The number of benzene rings is 1. The normalized spacial score (nSPS) is 21.3. The molecular formula is C21H30N4O3S2. The van der Waals surface area contributed by atoms with Crippen molar-refractivity contribution < 1.29 is 13.2 Å². The van der Waals surface area contributed by atoms with E-state index in [2.05, 4.69) is 27.9 Å². The maximum Gasteiger partial charge on any atom is 0.243 e. The fourth-order valence-electron chi connectivity index (χ4n) is 4.25. The first kappa shape index (κ1) is 21.7. The van der Waals surface area contributed by atoms with Crippen molar-refractivity contribution in [2.24, 2.45) is 0 Å². The van der Waals surface area contributed by atoms with Gasteiger partial charge >= 0.3 is 0 Å². The van der Waals surface area contributed by atoms with Crippen LogP contribution in [0.4, 0.5) is 0 Å². The first-order valence-electron chi connectivity index (χ1n) is 10.5. The Hall–Kier alpha value is -1.52. The molecule has 4 rings (SSSR count). The summed E-state index contributed by atoms with van der Waals surface area (Å²) in [6, 6.07) is 8.66. The Morgan fingerprint density at radius 1 is 1.03 bits per heavy atom. The Kier molecular flexibility index (Phi) is 6.45. The highest BCUT2D eigenvalue weighted by Gasteiger charge is 2.29. The van der Waals surface area contributed by atoms with Crippen LogP contribution in [-0.4, -0.2) is 65.6 Å². The Bertz CT molecular complexity index is 1030. The van der Waals surface area contributed by atoms with E-state index >= 15 is 0 Å². The maximum absolute atomic E-state index is 12.8. The largest absolute Gasteiger partial charge is 0.376 e. The van der Waals surface area contributed by atoms with Crippen LogP contribution in [0.1, 0.15) is 24.2 Å². The number of piperazine rings is 1. The lowest BCUT2D eigenvalue weighted by molar-refractivity contribution is 0.0957. The highest BCUT2D eigenvalue weighted by atomic mass is 32.2. The molecule has 9 heteroatoms. The van der Waals surface area contributed by atoms with Crippen LogP contribution in [0, 0.1) is 18.6 Å². The third-order valence-electron chi connectivity index (χ3n) is 6.26. The standard InChI is InChI=1S/C21H30N4O3S2/c1-17-18(2)25(21(29)24(17)15-19-7-6-14-28-19)16-22-10-12-23(13-11-22)30(26,27)20-8-4-3-5-9-20/h3-5,8-9,19H,6-7,10-16H2,1-2H3/t19-/m1/s1. The van der Waals surface area contributed by atoms with Crippen LogP contribution in [0.15, 0.2) is 35.2 Å². The molecule has 2 aromatic rings. The molecule has 0 aliphatic carbocycles. The zero-order valence-electron chi connectivity index (χ0n) is 17.7. The molecule has 2 fully saturated rings. The van der Waals surface area contributed by atoms with Crippen LogP contribution < -0.4 is 0 Å². The highest BCUT2D eigenvalue weighted by molar-refractivity contribution is 7.89. The van der Waals surface area contributed by atoms with Crippen LogP contribution in [0.5, 0.6) is 0 Å². The van der Waals surface area contributed by atoms with Gasteiger partial charge in [0.05, 0.1) is 24.2 Å². The molecule has 7 nitrogen and oxygen atoms in total. The van der Waals surface area contributed by atoms with E-state index in [-0.39, 0.29) is 6.10 Å². The van der Waals surface area contributed by atoms with Crippen molar-refractivity contribution in [3.63, 3.8) is 0 Å². The van der Waals surface area contributed by atoms with Gasteiger partial charge in [-0.25, -0.2) is 8.42 Å². The summed E-state index contributed by atoms with van der Waals surface area (Å²) in [6.07, 6.45) is 2.45. The number of sulfonamides is 1. The third kappa shape index (κ3) is 4.27. The van der Waals surface area contributed by atoms with Gasteiger partial charge in [-0.05, 0) is 51.0 Å². The van der Waals surface area contributed by atoms with E-state index in [0.29, 0.717) is 37.7 Å². The molecule has 164 valence electrons. The van der Waals surface area contributed by atoms with Gasteiger partial charge in [-0.3, -0.25) is 4.90 Å². The molecule has 2 saturated heterocycles. The van der Waals surface area contributed by atoms with Crippen LogP contribution in [0.3, 0.4) is 0 Å². The second-order valence-corrected chi connectivity index (χ2v) is 10.4. The Morgan fingerprint density at radius 3 is 2.33 bits per heavy atom. The van der Waals surface area contributed by atoms with Crippen LogP contribution in [-0.2, 0) is 28.0 Å². The SMILES string of the molecule is Cc1c(C)n(CN2CCN(S(=O)(=O)c3ccccc3)CC2)c(=S)n1C[C@H]1CCCO1. The minimum Gasteiger partial charge on any atom is -0.376 e. The lowest BCUT2D eigenvalue weighted by Gasteiger charge is -2.34. The topological polar surface area (TPSA) is 59.7 Å². The molecule has 2 aliphatic rings. The number of ether oxygens (including phenoxy) is 1. The molecule has 0 N–H and O–H groups in total. The first-order valence-corrected chi connectivity index (χ1v) is 12.4. The number of aromatic nitrogens is 2. The van der Waals surface area contributed by atoms with Gasteiger partial charge in [0.15, 0.2) is 4.77 Å². The van der Waals surface area contributed by atoms with E-state index in [4.69, 9.17) is 17.0 Å². The summed E-state index contributed by atoms with van der Waals surface area (Å²) in [6.45, 7) is 8.89. The average molecular weight is 451 g/mol. The van der Waals surface area contributed by atoms with Gasteiger partial charge in [0.1, 0.15) is 0 Å². The fourth-order valence-corrected chi connectivity index (χ4v) is 6.10. The molecule has 0 unspecified atom stereocenters. The molecule has 1 aromatic carbocycles. The molecule has 0 spiro atoms. The quantitative estimate of drug-likeness (QED) is 0.634. The molecule has 0 radical (unpaired) electrons. The van der Waals surface area contributed by atoms with Gasteiger partial charge in [-0.2, -0.15) is 4.31 Å². The summed E-state index contributed by atoms with van der Waals surface area (Å²) < 4.78 is 38.2. The lowest BCUT2D eigenvalue weighted by atomic mass is 10.2. The summed E-state index contributed by atoms with van der Waals surface area (Å²) in [5.41, 5.74) is 2.35. The van der Waals surface area contributed by atoms with Crippen molar-refractivity contribution >= 4 is 22.2 Å². The highest BCUT2D eigenvalue weighted by Crippen LogP contribution is 2.21. The summed E-state index contributed by atoms with van der Waals surface area (Å²) in [5, 5.41) is 0. The summed E-state index contributed by atoms with van der Waals surface area (Å²) in [5.74, 6) is 0. The van der Waals surface area contributed by atoms with Crippen molar-refractivity contribution in [1.82, 2.24) is 18.3 Å². The summed E-state index contributed by atoms with van der Waals surface area (Å²) >= 11 is 5.79. The summed E-state index contributed by atoms with van der Waals surface area (Å²) in [7, 11) is -3.43. The summed E-state index contributed by atoms with van der Waals surface area (Å²) in [4.78, 5) is 2.63. The molecule has 30 heavy (non-hydrogen) atoms. The van der Waals surface area contributed by atoms with E-state index in [1.54, 1.807) is 28.6 Å². The van der Waals surface area contributed by atoms with E-state index in [1.807, 2.05) is 6.07 Å². The van der Waals surface area contributed by atoms with Crippen LogP contribution in [0.25, 0.3) is 0 Å². The monoisotopic (exact) mass is 450 g/mol. The van der Waals surface area contributed by atoms with Crippen molar-refractivity contribution in [3.8, 4) is 0 Å². The minimum atomic E-state index is -3.43. The van der Waals surface area contributed by atoms with Crippen molar-refractivity contribution in [2.45, 2.75) is 50.9 Å². The average Bonchev–Trinajstić information content (AvgIpc) is 3.34. The molecule has 0 saturated carbocycles. The molecular weight excluding hydrogens is 420 g/mol. The van der Waals surface area contributed by atoms with Gasteiger partial charge in [-0.15, -0.1) is 0 Å². The van der Waals surface area contributed by atoms with E-state index in [9.17, 15) is 8.42 Å². The second-order valence-electron chi connectivity index (χ2n) is 8.10.